The normalized spacial score (nSPS) is 46.7. The predicted molar refractivity (Wildman–Crippen MR) is 65.0 cm³/mol. The van der Waals surface area contributed by atoms with Gasteiger partial charge in [-0.1, -0.05) is 0 Å². The highest BCUT2D eigenvalue weighted by Gasteiger charge is 2.54. The van der Waals surface area contributed by atoms with E-state index >= 15 is 0 Å². The number of carbonyl (C=O) groups excluding carboxylic acids is 1. The minimum absolute atomic E-state index is 0.658. The molecule has 5 aliphatic rings. The van der Waals surface area contributed by atoms with Gasteiger partial charge in [0.15, 0.2) is 0 Å². The average molecular weight is 266 g/mol. The van der Waals surface area contributed by atoms with Crippen LogP contribution in [0.15, 0.2) is 0 Å². The van der Waals surface area contributed by atoms with Crippen molar-refractivity contribution in [3.8, 4) is 0 Å². The fourth-order valence-electron chi connectivity index (χ4n) is 5.63. The second-order valence-corrected chi connectivity index (χ2v) is 7.03. The van der Waals surface area contributed by atoms with E-state index in [1.54, 1.807) is 19.3 Å². The van der Waals surface area contributed by atoms with Crippen molar-refractivity contribution in [3.63, 3.8) is 0 Å². The van der Waals surface area contributed by atoms with Crippen LogP contribution in [0.1, 0.15) is 51.4 Å². The first-order chi connectivity index (χ1) is 9.07. The second-order valence-electron chi connectivity index (χ2n) is 7.03. The molecule has 0 N–H and O–H groups in total. The molecular formula is C15H22O4-2. The van der Waals surface area contributed by atoms with E-state index in [0.717, 1.165) is 24.4 Å². The Balaban J connectivity index is 0.000000247. The monoisotopic (exact) mass is 266 g/mol. The molecule has 1 saturated heterocycles. The van der Waals surface area contributed by atoms with Gasteiger partial charge in [0.25, 0.3) is 0 Å². The highest BCUT2D eigenvalue weighted by Crippen LogP contribution is 2.62. The van der Waals surface area contributed by atoms with Gasteiger partial charge in [0, 0.05) is 6.61 Å². The Bertz CT molecular complexity index is 307. The molecule has 5 rings (SSSR count). The maximum Gasteiger partial charge on any atom is 0.0632 e. The largest absolute Gasteiger partial charge is 0.652 e. The highest BCUT2D eigenvalue weighted by atomic mass is 16.6. The first-order valence-corrected chi connectivity index (χ1v) is 7.57. The molecule has 1 heterocycles. The maximum absolute atomic E-state index is 8.33. The topological polar surface area (TPSA) is 72.4 Å². The molecule has 0 aromatic carbocycles. The summed E-state index contributed by atoms with van der Waals surface area (Å²) in [7, 11) is 0. The molecular weight excluding hydrogens is 244 g/mol. The summed E-state index contributed by atoms with van der Waals surface area (Å²) >= 11 is 0. The Morgan fingerprint density at radius 1 is 1.00 bits per heavy atom. The van der Waals surface area contributed by atoms with Crippen molar-refractivity contribution in [2.45, 2.75) is 57.5 Å². The van der Waals surface area contributed by atoms with Crippen LogP contribution in [0.5, 0.6) is 0 Å². The third-order valence-corrected chi connectivity index (χ3v) is 5.70. The van der Waals surface area contributed by atoms with Gasteiger partial charge in [-0.2, -0.15) is 0 Å². The summed E-state index contributed by atoms with van der Waals surface area (Å²) < 4.78 is 6.04. The van der Waals surface area contributed by atoms with Gasteiger partial charge in [-0.25, -0.2) is 0 Å². The summed E-state index contributed by atoms with van der Waals surface area (Å²) in [6.45, 7) is 1.05. The summed E-state index contributed by atoms with van der Waals surface area (Å²) in [6.07, 6.45) is 10.3. The smallest absolute Gasteiger partial charge is 0.0632 e. The molecule has 1 aliphatic heterocycles. The summed E-state index contributed by atoms with van der Waals surface area (Å²) in [5.74, 6) is 3.25. The van der Waals surface area contributed by atoms with E-state index in [0.29, 0.717) is 11.5 Å². The third kappa shape index (κ3) is 2.60. The molecule has 19 heavy (non-hydrogen) atoms. The Hall–Kier alpha value is -0.770. The van der Waals surface area contributed by atoms with Crippen LogP contribution in [0.4, 0.5) is 4.79 Å². The summed E-state index contributed by atoms with van der Waals surface area (Å²) in [4.78, 5) is 8.33. The van der Waals surface area contributed by atoms with E-state index < -0.39 is 6.16 Å². The van der Waals surface area contributed by atoms with Crippen LogP contribution in [0.3, 0.4) is 0 Å². The Morgan fingerprint density at radius 3 is 1.84 bits per heavy atom. The van der Waals surface area contributed by atoms with Gasteiger partial charge < -0.3 is 19.7 Å². The predicted octanol–water partition coefficient (Wildman–Crippen LogP) is 0.935. The maximum atomic E-state index is 8.33. The number of rotatable bonds is 1. The number of hydrogen-bond acceptors (Lipinski definition) is 4. The molecule has 0 spiro atoms. The molecule has 0 aromatic rings. The molecule has 1 atom stereocenters. The van der Waals surface area contributed by atoms with E-state index in [4.69, 9.17) is 19.7 Å². The average Bonchev–Trinajstić information content (AvgIpc) is 2.79. The van der Waals surface area contributed by atoms with Crippen LogP contribution in [0, 0.1) is 23.2 Å². The van der Waals surface area contributed by atoms with E-state index in [2.05, 4.69) is 0 Å². The first kappa shape index (κ1) is 13.2. The Kier molecular flexibility index (Phi) is 3.46. The standard InChI is InChI=1S/C14H22O.CH2O3/c1-2-13(15-3-1)14-7-10-4-11(8-14)6-12(5-10)9-14;2-1(3)4/h10-13H,1-9H2;(H2,2,3,4)/p-2. The number of ether oxygens (including phenoxy) is 1. The van der Waals surface area contributed by atoms with Crippen LogP contribution in [-0.4, -0.2) is 18.9 Å². The van der Waals surface area contributed by atoms with Gasteiger partial charge in [0.1, 0.15) is 0 Å². The highest BCUT2D eigenvalue weighted by molar-refractivity contribution is 5.47. The van der Waals surface area contributed by atoms with Crippen molar-refractivity contribution in [2.24, 2.45) is 23.2 Å². The van der Waals surface area contributed by atoms with Crippen molar-refractivity contribution in [1.82, 2.24) is 0 Å². The van der Waals surface area contributed by atoms with Gasteiger partial charge in [-0.3, -0.25) is 0 Å². The van der Waals surface area contributed by atoms with E-state index in [9.17, 15) is 0 Å². The van der Waals surface area contributed by atoms with Crippen molar-refractivity contribution in [1.29, 1.82) is 0 Å². The van der Waals surface area contributed by atoms with Crippen molar-refractivity contribution in [2.75, 3.05) is 6.61 Å². The van der Waals surface area contributed by atoms with Crippen molar-refractivity contribution >= 4 is 6.16 Å². The molecule has 4 saturated carbocycles. The molecule has 5 fully saturated rings. The zero-order valence-electron chi connectivity index (χ0n) is 11.3. The summed E-state index contributed by atoms with van der Waals surface area (Å²) in [6, 6.07) is 0. The van der Waals surface area contributed by atoms with Crippen LogP contribution < -0.4 is 10.2 Å². The molecule has 0 amide bonds. The van der Waals surface area contributed by atoms with Crippen molar-refractivity contribution in [3.05, 3.63) is 0 Å². The molecule has 0 radical (unpaired) electrons. The van der Waals surface area contributed by atoms with Crippen LogP contribution in [-0.2, 0) is 4.74 Å². The number of carboxylic acid groups (broad SMARTS) is 2. The molecule has 108 valence electrons. The minimum Gasteiger partial charge on any atom is -0.652 e. The molecule has 4 bridgehead atoms. The van der Waals surface area contributed by atoms with Gasteiger partial charge in [0.05, 0.1) is 6.10 Å². The quantitative estimate of drug-likeness (QED) is 0.708. The first-order valence-electron chi connectivity index (χ1n) is 7.57. The van der Waals surface area contributed by atoms with E-state index in [-0.39, 0.29) is 0 Å². The number of hydrogen-bond donors (Lipinski definition) is 0. The summed E-state index contributed by atoms with van der Waals surface area (Å²) in [5, 5.41) is 16.7. The molecule has 1 unspecified atom stereocenters. The van der Waals surface area contributed by atoms with Gasteiger partial charge >= 0.3 is 0 Å². The van der Waals surface area contributed by atoms with Crippen molar-refractivity contribution < 1.29 is 19.7 Å². The molecule has 4 aliphatic carbocycles. The Morgan fingerprint density at radius 2 is 1.47 bits per heavy atom. The van der Waals surface area contributed by atoms with E-state index in [1.165, 1.54) is 32.1 Å². The molecule has 4 heteroatoms. The lowest BCUT2D eigenvalue weighted by Gasteiger charge is -2.58. The summed E-state index contributed by atoms with van der Waals surface area (Å²) in [5.41, 5.74) is 0.658. The zero-order valence-corrected chi connectivity index (χ0v) is 11.3. The second kappa shape index (κ2) is 4.97. The molecule has 4 nitrogen and oxygen atoms in total. The van der Waals surface area contributed by atoms with Gasteiger partial charge in [-0.05, 0) is 80.7 Å². The van der Waals surface area contributed by atoms with E-state index in [1.807, 2.05) is 0 Å². The van der Waals surface area contributed by atoms with Crippen LogP contribution >= 0.6 is 0 Å². The van der Waals surface area contributed by atoms with Crippen LogP contribution in [0.2, 0.25) is 0 Å². The van der Waals surface area contributed by atoms with Gasteiger partial charge in [0.2, 0.25) is 0 Å². The van der Waals surface area contributed by atoms with Gasteiger partial charge in [-0.15, -0.1) is 0 Å². The zero-order chi connectivity index (χ0) is 13.5. The minimum atomic E-state index is -2.33. The Labute approximate surface area is 114 Å². The lowest BCUT2D eigenvalue weighted by atomic mass is 9.48. The fraction of sp³-hybridized carbons (Fsp3) is 0.933. The molecule has 0 aromatic heterocycles. The SMILES string of the molecule is C1COC(C23CC4CC(CC(C4)C2)C3)C1.O=C([O-])[O-]. The number of carbonyl (C=O) groups is 1. The lowest BCUT2D eigenvalue weighted by molar-refractivity contribution is -0.415. The lowest BCUT2D eigenvalue weighted by Crippen LogP contribution is -2.51. The third-order valence-electron chi connectivity index (χ3n) is 5.70. The fourth-order valence-corrected chi connectivity index (χ4v) is 5.63. The van der Waals surface area contributed by atoms with Crippen LogP contribution in [0.25, 0.3) is 0 Å².